The highest BCUT2D eigenvalue weighted by molar-refractivity contribution is 6.03. The molecule has 0 aliphatic carbocycles. The van der Waals surface area contributed by atoms with Gasteiger partial charge < -0.3 is 11.1 Å². The molecule has 1 heterocycles. The summed E-state index contributed by atoms with van der Waals surface area (Å²) in [6.45, 7) is 5.24. The maximum absolute atomic E-state index is 12.7. The van der Waals surface area contributed by atoms with Gasteiger partial charge in [-0.2, -0.15) is 0 Å². The Morgan fingerprint density at radius 2 is 1.71 bits per heavy atom. The van der Waals surface area contributed by atoms with Crippen molar-refractivity contribution in [2.75, 3.05) is 19.3 Å². The summed E-state index contributed by atoms with van der Waals surface area (Å²) < 4.78 is 1.88. The average molecular weight is 339 g/mol. The van der Waals surface area contributed by atoms with Crippen LogP contribution in [0.4, 0.5) is 5.82 Å². The minimum Gasteiger partial charge on any atom is -0.384 e. The van der Waals surface area contributed by atoms with Crippen LogP contribution in [-0.2, 0) is 18.9 Å². The second-order valence-corrected chi connectivity index (χ2v) is 6.14. The van der Waals surface area contributed by atoms with Gasteiger partial charge in [-0.05, 0) is 27.8 Å². The SMILES string of the molecule is CC(C)NC(=O)CN(C)[C@H](C)C(=O)c1c(N)n(C)c(=O)n(C)c1=O. The molecule has 0 unspecified atom stereocenters. The van der Waals surface area contributed by atoms with Crippen LogP contribution in [0.1, 0.15) is 31.1 Å². The van der Waals surface area contributed by atoms with Crippen LogP contribution in [0.3, 0.4) is 0 Å². The number of anilines is 1. The van der Waals surface area contributed by atoms with Gasteiger partial charge in [0.2, 0.25) is 5.91 Å². The third kappa shape index (κ3) is 3.91. The number of rotatable bonds is 6. The molecular weight excluding hydrogens is 314 g/mol. The zero-order valence-corrected chi connectivity index (χ0v) is 14.9. The van der Waals surface area contributed by atoms with Gasteiger partial charge in [-0.3, -0.25) is 28.4 Å². The van der Waals surface area contributed by atoms with Crippen LogP contribution in [0.5, 0.6) is 0 Å². The van der Waals surface area contributed by atoms with Crippen molar-refractivity contribution in [2.24, 2.45) is 14.1 Å². The summed E-state index contributed by atoms with van der Waals surface area (Å²) in [5.74, 6) is -0.947. The first-order chi connectivity index (χ1) is 11.0. The first-order valence-corrected chi connectivity index (χ1v) is 7.58. The normalized spacial score (nSPS) is 12.5. The molecule has 1 atom stereocenters. The number of amides is 1. The molecule has 0 bridgehead atoms. The number of Topliss-reactive ketones (excluding diaryl/α,β-unsaturated/α-hetero) is 1. The van der Waals surface area contributed by atoms with Crippen molar-refractivity contribution in [3.8, 4) is 0 Å². The van der Waals surface area contributed by atoms with Gasteiger partial charge in [0.25, 0.3) is 5.56 Å². The molecule has 134 valence electrons. The molecule has 1 rings (SSSR count). The van der Waals surface area contributed by atoms with E-state index >= 15 is 0 Å². The van der Waals surface area contributed by atoms with E-state index < -0.39 is 23.1 Å². The van der Waals surface area contributed by atoms with Gasteiger partial charge in [0.05, 0.1) is 12.6 Å². The number of carbonyl (C=O) groups excluding carboxylic acids is 2. The van der Waals surface area contributed by atoms with Gasteiger partial charge in [-0.25, -0.2) is 4.79 Å². The smallest absolute Gasteiger partial charge is 0.332 e. The van der Waals surface area contributed by atoms with Gasteiger partial charge >= 0.3 is 5.69 Å². The van der Waals surface area contributed by atoms with Crippen molar-refractivity contribution in [3.63, 3.8) is 0 Å². The molecule has 0 saturated heterocycles. The molecule has 0 radical (unpaired) electrons. The van der Waals surface area contributed by atoms with Gasteiger partial charge in [-0.15, -0.1) is 0 Å². The van der Waals surface area contributed by atoms with Crippen LogP contribution in [0, 0.1) is 0 Å². The summed E-state index contributed by atoms with van der Waals surface area (Å²) in [6, 6.07) is -0.765. The second-order valence-electron chi connectivity index (χ2n) is 6.14. The Bertz CT molecular complexity index is 762. The van der Waals surface area contributed by atoms with Crippen LogP contribution < -0.4 is 22.3 Å². The zero-order valence-electron chi connectivity index (χ0n) is 14.9. The van der Waals surface area contributed by atoms with Crippen molar-refractivity contribution in [1.82, 2.24) is 19.4 Å². The molecule has 0 aromatic carbocycles. The standard InChI is InChI=1S/C15H25N5O4/c1-8(2)17-10(21)7-18(4)9(3)12(22)11-13(16)19(5)15(24)20(6)14(11)23/h8-9H,7,16H2,1-6H3,(H,17,21)/t9-/m1/s1. The van der Waals surface area contributed by atoms with Crippen molar-refractivity contribution in [3.05, 3.63) is 26.4 Å². The lowest BCUT2D eigenvalue weighted by molar-refractivity contribution is -0.122. The predicted octanol–water partition coefficient (Wildman–Crippen LogP) is -1.31. The van der Waals surface area contributed by atoms with Crippen LogP contribution in [0.25, 0.3) is 0 Å². The number of aromatic nitrogens is 2. The summed E-state index contributed by atoms with van der Waals surface area (Å²) >= 11 is 0. The number of nitrogens with two attached hydrogens (primary N) is 1. The fourth-order valence-corrected chi connectivity index (χ4v) is 2.23. The Morgan fingerprint density at radius 3 is 2.21 bits per heavy atom. The van der Waals surface area contributed by atoms with Gasteiger partial charge in [0.15, 0.2) is 5.78 Å². The second kappa shape index (κ2) is 7.43. The summed E-state index contributed by atoms with van der Waals surface area (Å²) in [5, 5.41) is 2.73. The Hall–Kier alpha value is -2.42. The minimum absolute atomic E-state index is 0.00291. The largest absolute Gasteiger partial charge is 0.384 e. The molecular formula is C15H25N5O4. The Labute approximate surface area is 140 Å². The van der Waals surface area contributed by atoms with E-state index in [0.717, 1.165) is 9.13 Å². The number of hydrogen-bond donors (Lipinski definition) is 2. The molecule has 1 aromatic rings. The predicted molar refractivity (Wildman–Crippen MR) is 91.0 cm³/mol. The van der Waals surface area contributed by atoms with E-state index in [0.29, 0.717) is 0 Å². The number of carbonyl (C=O) groups is 2. The van der Waals surface area contributed by atoms with Crippen LogP contribution in [0.15, 0.2) is 9.59 Å². The highest BCUT2D eigenvalue weighted by Crippen LogP contribution is 2.10. The molecule has 9 nitrogen and oxygen atoms in total. The highest BCUT2D eigenvalue weighted by Gasteiger charge is 2.27. The number of hydrogen-bond acceptors (Lipinski definition) is 6. The van der Waals surface area contributed by atoms with Gasteiger partial charge in [-0.1, -0.05) is 0 Å². The Kier molecular flexibility index (Phi) is 6.08. The minimum atomic E-state index is -0.754. The van der Waals surface area contributed by atoms with Crippen LogP contribution in [-0.4, -0.2) is 51.4 Å². The lowest BCUT2D eigenvalue weighted by atomic mass is 10.1. The summed E-state index contributed by atoms with van der Waals surface area (Å²) in [4.78, 5) is 50.1. The summed E-state index contributed by atoms with van der Waals surface area (Å²) in [7, 11) is 4.27. The van der Waals surface area contributed by atoms with Gasteiger partial charge in [0.1, 0.15) is 11.4 Å². The summed E-state index contributed by atoms with van der Waals surface area (Å²) in [6.07, 6.45) is 0. The maximum atomic E-state index is 12.7. The van der Waals surface area contributed by atoms with Crippen molar-refractivity contribution >= 4 is 17.5 Å². The van der Waals surface area contributed by atoms with Crippen molar-refractivity contribution in [2.45, 2.75) is 32.9 Å². The number of nitrogens with zero attached hydrogens (tertiary/aromatic N) is 3. The Morgan fingerprint density at radius 1 is 1.17 bits per heavy atom. The van der Waals surface area contributed by atoms with Crippen LogP contribution >= 0.6 is 0 Å². The quantitative estimate of drug-likeness (QED) is 0.621. The molecule has 0 saturated carbocycles. The highest BCUT2D eigenvalue weighted by atomic mass is 16.2. The Balaban J connectivity index is 3.13. The molecule has 0 fully saturated rings. The number of likely N-dealkylation sites (N-methyl/N-ethyl adjacent to an activating group) is 1. The maximum Gasteiger partial charge on any atom is 0.332 e. The van der Waals surface area contributed by atoms with E-state index in [1.807, 2.05) is 13.8 Å². The first-order valence-electron chi connectivity index (χ1n) is 7.58. The number of nitrogens with one attached hydrogen (secondary N) is 1. The summed E-state index contributed by atoms with van der Waals surface area (Å²) in [5.41, 5.74) is 4.19. The van der Waals surface area contributed by atoms with Crippen molar-refractivity contribution in [1.29, 1.82) is 0 Å². The molecule has 0 aliphatic rings. The topological polar surface area (TPSA) is 119 Å². The van der Waals surface area contributed by atoms with E-state index in [-0.39, 0.29) is 29.9 Å². The third-order valence-electron chi connectivity index (χ3n) is 3.84. The molecule has 1 aromatic heterocycles. The monoisotopic (exact) mass is 339 g/mol. The van der Waals surface area contributed by atoms with E-state index in [1.165, 1.54) is 19.0 Å². The number of nitrogen functional groups attached to an aromatic ring is 1. The first kappa shape index (κ1) is 19.6. The lowest BCUT2D eigenvalue weighted by Gasteiger charge is -2.24. The van der Waals surface area contributed by atoms with E-state index in [9.17, 15) is 19.2 Å². The van der Waals surface area contributed by atoms with Crippen LogP contribution in [0.2, 0.25) is 0 Å². The molecule has 0 aliphatic heterocycles. The molecule has 24 heavy (non-hydrogen) atoms. The number of ketones is 1. The molecule has 9 heteroatoms. The van der Waals surface area contributed by atoms with E-state index in [1.54, 1.807) is 14.0 Å². The molecule has 3 N–H and O–H groups in total. The zero-order chi connectivity index (χ0) is 18.8. The van der Waals surface area contributed by atoms with Gasteiger partial charge in [0, 0.05) is 20.1 Å². The van der Waals surface area contributed by atoms with E-state index in [2.05, 4.69) is 5.32 Å². The third-order valence-corrected chi connectivity index (χ3v) is 3.84. The molecule has 0 spiro atoms. The lowest BCUT2D eigenvalue weighted by Crippen LogP contribution is -2.47. The fourth-order valence-electron chi connectivity index (χ4n) is 2.23. The molecule has 1 amide bonds. The average Bonchev–Trinajstić information content (AvgIpc) is 2.49. The van der Waals surface area contributed by atoms with Crippen molar-refractivity contribution < 1.29 is 9.59 Å². The van der Waals surface area contributed by atoms with E-state index in [4.69, 9.17) is 5.73 Å². The fraction of sp³-hybridized carbons (Fsp3) is 0.600.